The molecule has 88 valence electrons. The molecule has 0 aliphatic rings. The maximum absolute atomic E-state index is 11.8. The number of benzene rings is 1. The van der Waals surface area contributed by atoms with Crippen LogP contribution in [0.15, 0.2) is 27.2 Å². The molecule has 5 nitrogen and oxygen atoms in total. The Morgan fingerprint density at radius 1 is 1.53 bits per heavy atom. The number of anilines is 1. The van der Waals surface area contributed by atoms with Crippen LogP contribution in [0.25, 0.3) is 0 Å². The molecule has 1 heterocycles. The largest absolute Gasteiger partial charge is 0.328 e. The highest BCUT2D eigenvalue weighted by atomic mass is 79.9. The van der Waals surface area contributed by atoms with Crippen molar-refractivity contribution >= 4 is 39.5 Å². The van der Waals surface area contributed by atoms with E-state index in [0.717, 1.165) is 0 Å². The normalized spacial score (nSPS) is 10.3. The summed E-state index contributed by atoms with van der Waals surface area (Å²) < 4.78 is 5.38. The summed E-state index contributed by atoms with van der Waals surface area (Å²) in [6, 6.07) is 4.93. The van der Waals surface area contributed by atoms with Crippen molar-refractivity contribution in [2.45, 2.75) is 6.92 Å². The van der Waals surface area contributed by atoms with Crippen molar-refractivity contribution in [3.05, 3.63) is 39.1 Å². The van der Waals surface area contributed by atoms with Gasteiger partial charge in [0.2, 0.25) is 0 Å². The first-order valence-corrected chi connectivity index (χ1v) is 5.80. The lowest BCUT2D eigenvalue weighted by molar-refractivity contribution is 0.102. The Kier molecular flexibility index (Phi) is 3.44. The molecule has 0 aliphatic heterocycles. The van der Waals surface area contributed by atoms with Gasteiger partial charge in [0, 0.05) is 9.50 Å². The van der Waals surface area contributed by atoms with Crippen LogP contribution in [0, 0.1) is 6.92 Å². The van der Waals surface area contributed by atoms with Crippen LogP contribution in [0.1, 0.15) is 16.2 Å². The van der Waals surface area contributed by atoms with E-state index in [9.17, 15) is 4.79 Å². The molecule has 0 unspecified atom stereocenters. The smallest absolute Gasteiger partial charge is 0.315 e. The Morgan fingerprint density at radius 3 is 2.88 bits per heavy atom. The number of carbonyl (C=O) groups excluding carboxylic acids is 1. The van der Waals surface area contributed by atoms with Crippen molar-refractivity contribution in [3.63, 3.8) is 0 Å². The number of aryl methyl sites for hydroxylation is 1. The monoisotopic (exact) mass is 315 g/mol. The quantitative estimate of drug-likeness (QED) is 0.924. The number of hydrogen-bond donors (Lipinski definition) is 1. The summed E-state index contributed by atoms with van der Waals surface area (Å²) in [6.45, 7) is 1.66. The number of aromatic nitrogens is 2. The van der Waals surface area contributed by atoms with E-state index in [-0.39, 0.29) is 11.9 Å². The van der Waals surface area contributed by atoms with Gasteiger partial charge in [-0.3, -0.25) is 10.1 Å². The Hall–Kier alpha value is -1.40. The van der Waals surface area contributed by atoms with Gasteiger partial charge in [0.1, 0.15) is 0 Å². The average Bonchev–Trinajstić information content (AvgIpc) is 2.63. The van der Waals surface area contributed by atoms with Gasteiger partial charge < -0.3 is 4.52 Å². The van der Waals surface area contributed by atoms with Crippen LogP contribution in [-0.4, -0.2) is 16.0 Å². The van der Waals surface area contributed by atoms with Gasteiger partial charge in [0.05, 0.1) is 5.56 Å². The van der Waals surface area contributed by atoms with Gasteiger partial charge in [-0.1, -0.05) is 16.8 Å². The van der Waals surface area contributed by atoms with E-state index < -0.39 is 0 Å². The minimum absolute atomic E-state index is 0.0642. The van der Waals surface area contributed by atoms with Crippen LogP contribution in [-0.2, 0) is 0 Å². The molecule has 1 aromatic heterocycles. The van der Waals surface area contributed by atoms with Gasteiger partial charge in [-0.25, -0.2) is 0 Å². The molecule has 17 heavy (non-hydrogen) atoms. The average molecular weight is 317 g/mol. The van der Waals surface area contributed by atoms with Crippen molar-refractivity contribution in [1.82, 2.24) is 10.1 Å². The Balaban J connectivity index is 2.20. The molecular formula is C10H7BrClN3O2. The molecular weight excluding hydrogens is 309 g/mol. The molecule has 0 aliphatic carbocycles. The van der Waals surface area contributed by atoms with Gasteiger partial charge in [-0.2, -0.15) is 4.98 Å². The second-order valence-electron chi connectivity index (χ2n) is 3.23. The summed E-state index contributed by atoms with van der Waals surface area (Å²) in [5.41, 5.74) is 0.435. The summed E-state index contributed by atoms with van der Waals surface area (Å²) in [6.07, 6.45) is 0. The Bertz CT molecular complexity index is 570. The standard InChI is InChI=1S/C10H7BrClN3O2/c1-5-13-10(17-15-5)14-9(16)7-3-2-6(12)4-8(7)11/h2-4H,1H3,(H,13,14,15,16). The third kappa shape index (κ3) is 2.83. The molecule has 0 saturated heterocycles. The van der Waals surface area contributed by atoms with Crippen LogP contribution in [0.4, 0.5) is 6.01 Å². The zero-order valence-electron chi connectivity index (χ0n) is 8.70. The van der Waals surface area contributed by atoms with Gasteiger partial charge in [-0.05, 0) is 41.1 Å². The van der Waals surface area contributed by atoms with E-state index in [0.29, 0.717) is 20.9 Å². The molecule has 2 rings (SSSR count). The number of nitrogens with zero attached hydrogens (tertiary/aromatic N) is 2. The lowest BCUT2D eigenvalue weighted by Gasteiger charge is -2.03. The third-order valence-corrected chi connectivity index (χ3v) is 2.81. The molecule has 1 N–H and O–H groups in total. The first kappa shape index (κ1) is 12.1. The minimum Gasteiger partial charge on any atom is -0.315 e. The van der Waals surface area contributed by atoms with E-state index in [1.807, 2.05) is 0 Å². The summed E-state index contributed by atoms with van der Waals surface area (Å²) in [5.74, 6) is 0.104. The maximum atomic E-state index is 11.8. The molecule has 2 aromatic rings. The molecule has 7 heteroatoms. The fraction of sp³-hybridized carbons (Fsp3) is 0.100. The fourth-order valence-electron chi connectivity index (χ4n) is 1.19. The van der Waals surface area contributed by atoms with Crippen LogP contribution < -0.4 is 5.32 Å². The van der Waals surface area contributed by atoms with Gasteiger partial charge in [-0.15, -0.1) is 0 Å². The van der Waals surface area contributed by atoms with Crippen LogP contribution in [0.2, 0.25) is 5.02 Å². The number of carbonyl (C=O) groups is 1. The zero-order valence-corrected chi connectivity index (χ0v) is 11.0. The zero-order chi connectivity index (χ0) is 12.4. The summed E-state index contributed by atoms with van der Waals surface area (Å²) in [4.78, 5) is 15.7. The van der Waals surface area contributed by atoms with Gasteiger partial charge >= 0.3 is 6.01 Å². The van der Waals surface area contributed by atoms with Gasteiger partial charge in [0.25, 0.3) is 5.91 Å². The number of nitrogens with one attached hydrogen (secondary N) is 1. The minimum atomic E-state index is -0.350. The van der Waals surface area contributed by atoms with Crippen molar-refractivity contribution in [2.75, 3.05) is 5.32 Å². The molecule has 0 saturated carbocycles. The lowest BCUT2D eigenvalue weighted by atomic mass is 10.2. The predicted octanol–water partition coefficient (Wildman–Crippen LogP) is 3.05. The molecule has 0 fully saturated rings. The molecule has 0 bridgehead atoms. The van der Waals surface area contributed by atoms with Crippen molar-refractivity contribution in [2.24, 2.45) is 0 Å². The van der Waals surface area contributed by atoms with E-state index in [1.54, 1.807) is 25.1 Å². The van der Waals surface area contributed by atoms with E-state index in [2.05, 4.69) is 31.4 Å². The highest BCUT2D eigenvalue weighted by Gasteiger charge is 2.13. The molecule has 1 aromatic carbocycles. The lowest BCUT2D eigenvalue weighted by Crippen LogP contribution is -2.12. The number of rotatable bonds is 2. The van der Waals surface area contributed by atoms with E-state index in [1.165, 1.54) is 0 Å². The molecule has 0 atom stereocenters. The number of amides is 1. The second-order valence-corrected chi connectivity index (χ2v) is 4.52. The molecule has 1 amide bonds. The highest BCUT2D eigenvalue weighted by molar-refractivity contribution is 9.10. The van der Waals surface area contributed by atoms with Crippen molar-refractivity contribution in [1.29, 1.82) is 0 Å². The molecule has 0 radical (unpaired) electrons. The summed E-state index contributed by atoms with van der Waals surface area (Å²) in [5, 5.41) is 6.60. The SMILES string of the molecule is Cc1noc(NC(=O)c2ccc(Cl)cc2Br)n1. The highest BCUT2D eigenvalue weighted by Crippen LogP contribution is 2.22. The van der Waals surface area contributed by atoms with Gasteiger partial charge in [0.15, 0.2) is 5.82 Å². The maximum Gasteiger partial charge on any atom is 0.328 e. The van der Waals surface area contributed by atoms with Crippen LogP contribution >= 0.6 is 27.5 Å². The third-order valence-electron chi connectivity index (χ3n) is 1.92. The second kappa shape index (κ2) is 4.85. The topological polar surface area (TPSA) is 68.0 Å². The first-order chi connectivity index (χ1) is 8.06. The Morgan fingerprint density at radius 2 is 2.29 bits per heavy atom. The van der Waals surface area contributed by atoms with E-state index in [4.69, 9.17) is 16.1 Å². The Labute approximate surface area is 110 Å². The molecule has 0 spiro atoms. The predicted molar refractivity (Wildman–Crippen MR) is 66.1 cm³/mol. The fourth-order valence-corrected chi connectivity index (χ4v) is 2.05. The van der Waals surface area contributed by atoms with E-state index >= 15 is 0 Å². The van der Waals surface area contributed by atoms with Crippen LogP contribution in [0.3, 0.4) is 0 Å². The number of hydrogen-bond acceptors (Lipinski definition) is 4. The summed E-state index contributed by atoms with van der Waals surface area (Å²) >= 11 is 9.04. The first-order valence-electron chi connectivity index (χ1n) is 4.63. The summed E-state index contributed by atoms with van der Waals surface area (Å²) in [7, 11) is 0. The van der Waals surface area contributed by atoms with Crippen molar-refractivity contribution < 1.29 is 9.32 Å². The number of halogens is 2. The van der Waals surface area contributed by atoms with Crippen molar-refractivity contribution in [3.8, 4) is 0 Å². The van der Waals surface area contributed by atoms with Crippen LogP contribution in [0.5, 0.6) is 0 Å².